The van der Waals surface area contributed by atoms with Crippen molar-refractivity contribution in [1.82, 2.24) is 0 Å². The SMILES string of the molecule is CCOC(=O)C(=O)c1cc(OC)cc(Br)c1F. The number of hydrogen-bond acceptors (Lipinski definition) is 4. The van der Waals surface area contributed by atoms with Crippen molar-refractivity contribution in [2.75, 3.05) is 13.7 Å². The average Bonchev–Trinajstić information content (AvgIpc) is 2.31. The molecule has 92 valence electrons. The quantitative estimate of drug-likeness (QED) is 0.487. The molecule has 1 rings (SSSR count). The number of benzene rings is 1. The Hall–Kier alpha value is -1.43. The Labute approximate surface area is 106 Å². The van der Waals surface area contributed by atoms with E-state index in [0.29, 0.717) is 0 Å². The number of rotatable bonds is 4. The second-order valence-electron chi connectivity index (χ2n) is 3.02. The van der Waals surface area contributed by atoms with Gasteiger partial charge >= 0.3 is 5.97 Å². The maximum atomic E-state index is 13.6. The van der Waals surface area contributed by atoms with Crippen molar-refractivity contribution in [3.05, 3.63) is 28.0 Å². The third-order valence-corrected chi connectivity index (χ3v) is 2.52. The van der Waals surface area contributed by atoms with Crippen molar-refractivity contribution in [2.24, 2.45) is 0 Å². The summed E-state index contributed by atoms with van der Waals surface area (Å²) in [6.45, 7) is 1.61. The normalized spacial score (nSPS) is 9.88. The molecule has 0 unspecified atom stereocenters. The van der Waals surface area contributed by atoms with E-state index in [1.54, 1.807) is 6.92 Å². The highest BCUT2D eigenvalue weighted by Crippen LogP contribution is 2.26. The van der Waals surface area contributed by atoms with E-state index in [2.05, 4.69) is 20.7 Å². The molecule has 0 atom stereocenters. The Morgan fingerprint density at radius 3 is 2.59 bits per heavy atom. The molecule has 0 aromatic heterocycles. The first-order valence-electron chi connectivity index (χ1n) is 4.75. The van der Waals surface area contributed by atoms with E-state index >= 15 is 0 Å². The zero-order valence-corrected chi connectivity index (χ0v) is 10.8. The summed E-state index contributed by atoms with van der Waals surface area (Å²) in [5.41, 5.74) is -0.380. The molecule has 0 N–H and O–H groups in total. The molecule has 4 nitrogen and oxygen atoms in total. The molecule has 0 spiro atoms. The van der Waals surface area contributed by atoms with Crippen molar-refractivity contribution in [1.29, 1.82) is 0 Å². The van der Waals surface area contributed by atoms with Gasteiger partial charge in [0.2, 0.25) is 0 Å². The maximum absolute atomic E-state index is 13.6. The molecule has 0 bridgehead atoms. The topological polar surface area (TPSA) is 52.6 Å². The molecular weight excluding hydrogens is 295 g/mol. The molecule has 6 heteroatoms. The van der Waals surface area contributed by atoms with Crippen LogP contribution in [0.4, 0.5) is 4.39 Å². The number of esters is 1. The number of halogens is 2. The van der Waals surface area contributed by atoms with Crippen LogP contribution in [0.3, 0.4) is 0 Å². The van der Waals surface area contributed by atoms with Crippen LogP contribution in [0.25, 0.3) is 0 Å². The Balaban J connectivity index is 3.16. The number of methoxy groups -OCH3 is 1. The predicted molar refractivity (Wildman–Crippen MR) is 61.6 cm³/mol. The molecule has 1 aromatic rings. The summed E-state index contributed by atoms with van der Waals surface area (Å²) >= 11 is 2.93. The number of ketones is 1. The van der Waals surface area contributed by atoms with Crippen molar-refractivity contribution in [3.8, 4) is 5.75 Å². The van der Waals surface area contributed by atoms with Crippen molar-refractivity contribution in [3.63, 3.8) is 0 Å². The van der Waals surface area contributed by atoms with Crippen LogP contribution in [0.15, 0.2) is 16.6 Å². The first-order chi connectivity index (χ1) is 8.01. The second kappa shape index (κ2) is 5.77. The highest BCUT2D eigenvalue weighted by atomic mass is 79.9. The minimum absolute atomic E-state index is 0.0458. The van der Waals surface area contributed by atoms with Gasteiger partial charge in [0.1, 0.15) is 11.6 Å². The Morgan fingerprint density at radius 2 is 2.06 bits per heavy atom. The van der Waals surface area contributed by atoms with Crippen molar-refractivity contribution < 1.29 is 23.5 Å². The van der Waals surface area contributed by atoms with Gasteiger partial charge in [0.25, 0.3) is 5.78 Å². The molecule has 0 aliphatic heterocycles. The van der Waals surface area contributed by atoms with Gasteiger partial charge in [-0.05, 0) is 35.0 Å². The highest BCUT2D eigenvalue weighted by molar-refractivity contribution is 9.10. The zero-order chi connectivity index (χ0) is 13.0. The third-order valence-electron chi connectivity index (χ3n) is 1.94. The second-order valence-corrected chi connectivity index (χ2v) is 3.87. The molecule has 0 saturated heterocycles. The Bertz CT molecular complexity index is 459. The van der Waals surface area contributed by atoms with E-state index in [4.69, 9.17) is 4.74 Å². The summed E-state index contributed by atoms with van der Waals surface area (Å²) in [4.78, 5) is 22.8. The van der Waals surface area contributed by atoms with Gasteiger partial charge in [0.15, 0.2) is 0 Å². The van der Waals surface area contributed by atoms with Gasteiger partial charge in [-0.15, -0.1) is 0 Å². The van der Waals surface area contributed by atoms with Gasteiger partial charge in [-0.2, -0.15) is 0 Å². The van der Waals surface area contributed by atoms with E-state index in [-0.39, 0.29) is 22.4 Å². The van der Waals surface area contributed by atoms with Crippen molar-refractivity contribution >= 4 is 27.7 Å². The minimum atomic E-state index is -1.09. The van der Waals surface area contributed by atoms with Crippen LogP contribution in [0.5, 0.6) is 5.75 Å². The van der Waals surface area contributed by atoms with Gasteiger partial charge < -0.3 is 9.47 Å². The summed E-state index contributed by atoms with van der Waals surface area (Å²) < 4.78 is 23.1. The molecular formula is C11H10BrFO4. The monoisotopic (exact) mass is 304 g/mol. The van der Waals surface area contributed by atoms with Crippen LogP contribution in [-0.4, -0.2) is 25.5 Å². The fourth-order valence-corrected chi connectivity index (χ4v) is 1.59. The third kappa shape index (κ3) is 3.03. The van der Waals surface area contributed by atoms with Gasteiger partial charge in [-0.25, -0.2) is 9.18 Å². The van der Waals surface area contributed by atoms with Gasteiger partial charge in [0.05, 0.1) is 23.8 Å². The molecule has 0 aliphatic carbocycles. The van der Waals surface area contributed by atoms with Crippen LogP contribution >= 0.6 is 15.9 Å². The lowest BCUT2D eigenvalue weighted by molar-refractivity contribution is -0.137. The Kier molecular flexibility index (Phi) is 4.62. The van der Waals surface area contributed by atoms with Crippen LogP contribution in [-0.2, 0) is 9.53 Å². The smallest absolute Gasteiger partial charge is 0.379 e. The lowest BCUT2D eigenvalue weighted by Gasteiger charge is -2.07. The minimum Gasteiger partial charge on any atom is -0.497 e. The van der Waals surface area contributed by atoms with Crippen LogP contribution in [0.1, 0.15) is 17.3 Å². The highest BCUT2D eigenvalue weighted by Gasteiger charge is 2.23. The first kappa shape index (κ1) is 13.6. The maximum Gasteiger partial charge on any atom is 0.379 e. The molecule has 0 fully saturated rings. The van der Waals surface area contributed by atoms with Gasteiger partial charge in [-0.3, -0.25) is 4.79 Å². The molecule has 0 radical (unpaired) electrons. The number of carbonyl (C=O) groups is 2. The van der Waals surface area contributed by atoms with Crippen LogP contribution < -0.4 is 4.74 Å². The van der Waals surface area contributed by atoms with Crippen LogP contribution in [0.2, 0.25) is 0 Å². The Morgan fingerprint density at radius 1 is 1.41 bits per heavy atom. The molecule has 0 saturated carbocycles. The average molecular weight is 305 g/mol. The van der Waals surface area contributed by atoms with Gasteiger partial charge in [-0.1, -0.05) is 0 Å². The number of carbonyl (C=O) groups excluding carboxylic acids is 2. The largest absolute Gasteiger partial charge is 0.497 e. The van der Waals surface area contributed by atoms with Crippen LogP contribution in [0, 0.1) is 5.82 Å². The summed E-state index contributed by atoms with van der Waals surface area (Å²) in [5.74, 6) is -2.68. The molecule has 0 amide bonds. The lowest BCUT2D eigenvalue weighted by Crippen LogP contribution is -2.19. The summed E-state index contributed by atoms with van der Waals surface area (Å²) in [5, 5.41) is 0. The molecule has 0 heterocycles. The lowest BCUT2D eigenvalue weighted by atomic mass is 10.1. The van der Waals surface area contributed by atoms with Crippen molar-refractivity contribution in [2.45, 2.75) is 6.92 Å². The molecule has 17 heavy (non-hydrogen) atoms. The summed E-state index contributed by atoms with van der Waals surface area (Å²) in [7, 11) is 1.37. The molecule has 1 aromatic carbocycles. The van der Waals surface area contributed by atoms with E-state index < -0.39 is 17.6 Å². The van der Waals surface area contributed by atoms with E-state index in [9.17, 15) is 14.0 Å². The number of hydrogen-bond donors (Lipinski definition) is 0. The van der Waals surface area contributed by atoms with E-state index in [1.807, 2.05) is 0 Å². The van der Waals surface area contributed by atoms with E-state index in [1.165, 1.54) is 13.2 Å². The standard InChI is InChI=1S/C11H10BrFO4/c1-3-17-11(15)10(14)7-4-6(16-2)5-8(12)9(7)13/h4-5H,3H2,1-2H3. The van der Waals surface area contributed by atoms with E-state index in [0.717, 1.165) is 6.07 Å². The zero-order valence-electron chi connectivity index (χ0n) is 9.25. The fourth-order valence-electron chi connectivity index (χ4n) is 1.15. The molecule has 0 aliphatic rings. The first-order valence-corrected chi connectivity index (χ1v) is 5.55. The van der Waals surface area contributed by atoms with Gasteiger partial charge in [0, 0.05) is 0 Å². The number of ether oxygens (including phenoxy) is 2. The number of Topliss-reactive ketones (excluding diaryl/α,β-unsaturated/α-hetero) is 1. The summed E-state index contributed by atoms with van der Waals surface area (Å²) in [6.07, 6.45) is 0. The predicted octanol–water partition coefficient (Wildman–Crippen LogP) is 2.34. The fraction of sp³-hybridized carbons (Fsp3) is 0.273. The summed E-state index contributed by atoms with van der Waals surface area (Å²) in [6, 6.07) is 2.51.